The molecule has 1 unspecified atom stereocenters. The van der Waals surface area contributed by atoms with Gasteiger partial charge in [0.05, 0.1) is 11.8 Å². The predicted octanol–water partition coefficient (Wildman–Crippen LogP) is 2.38. The molecule has 1 N–H and O–H groups in total. The van der Waals surface area contributed by atoms with Gasteiger partial charge in [-0.2, -0.15) is 0 Å². The summed E-state index contributed by atoms with van der Waals surface area (Å²) in [5.74, 6) is 2.61. The Morgan fingerprint density at radius 1 is 1.45 bits per heavy atom. The van der Waals surface area contributed by atoms with E-state index >= 15 is 0 Å². The number of nitrogens with zero attached hydrogens (tertiary/aromatic N) is 4. The molecule has 0 radical (unpaired) electrons. The number of rotatable bonds is 2. The molecule has 5 nitrogen and oxygen atoms in total. The van der Waals surface area contributed by atoms with Gasteiger partial charge in [0, 0.05) is 35.4 Å². The minimum atomic E-state index is 0.186. The molecular weight excluding hydrogens is 272 g/mol. The van der Waals surface area contributed by atoms with Gasteiger partial charge in [0.15, 0.2) is 5.82 Å². The summed E-state index contributed by atoms with van der Waals surface area (Å²) in [6.07, 6.45) is 2.57. The molecule has 1 aromatic heterocycles. The number of aliphatic hydroxyl groups excluding tert-OH is 1. The fraction of sp³-hybridized carbons (Fsp3) is 0.500. The Balaban J connectivity index is 2.04. The summed E-state index contributed by atoms with van der Waals surface area (Å²) in [5, 5.41) is 9.47. The highest BCUT2D eigenvalue weighted by atomic mass is 32.2. The topological polar surface area (TPSA) is 61.6 Å². The number of aliphatic imine (C=N–C) groups is 1. The van der Waals surface area contributed by atoms with E-state index in [0.717, 1.165) is 29.6 Å². The molecule has 0 spiro atoms. The van der Waals surface area contributed by atoms with Gasteiger partial charge >= 0.3 is 0 Å². The average Bonchev–Trinajstić information content (AvgIpc) is 2.43. The van der Waals surface area contributed by atoms with E-state index in [1.54, 1.807) is 11.8 Å². The maximum Gasteiger partial charge on any atom is 0.162 e. The summed E-state index contributed by atoms with van der Waals surface area (Å²) in [4.78, 5) is 16.9. The lowest BCUT2D eigenvalue weighted by Crippen LogP contribution is -2.40. The molecule has 0 saturated heterocycles. The molecule has 0 aromatic carbocycles. The quantitative estimate of drug-likeness (QED) is 0.906. The molecule has 2 aliphatic rings. The van der Waals surface area contributed by atoms with Gasteiger partial charge in [-0.3, -0.25) is 0 Å². The van der Waals surface area contributed by atoms with Gasteiger partial charge in [-0.25, -0.2) is 15.0 Å². The minimum Gasteiger partial charge on any atom is -0.396 e. The van der Waals surface area contributed by atoms with Crippen LogP contribution in [0.1, 0.15) is 31.7 Å². The largest absolute Gasteiger partial charge is 0.396 e. The third kappa shape index (κ3) is 2.23. The molecule has 0 amide bonds. The Bertz CT molecular complexity index is 611. The molecule has 0 fully saturated rings. The van der Waals surface area contributed by atoms with Crippen molar-refractivity contribution in [3.63, 3.8) is 0 Å². The second kappa shape index (κ2) is 5.18. The summed E-state index contributed by atoms with van der Waals surface area (Å²) in [6.45, 7) is 7.08. The van der Waals surface area contributed by atoms with Crippen molar-refractivity contribution >= 4 is 23.4 Å². The Morgan fingerprint density at radius 3 is 3.00 bits per heavy atom. The van der Waals surface area contributed by atoms with Gasteiger partial charge in [-0.1, -0.05) is 0 Å². The molecule has 0 saturated carbocycles. The number of aryl methyl sites for hydroxylation is 1. The standard InChI is InChI=1S/C14H18N4OS/c1-8-12(4-5-19)20-9(2)14-17-13-11(7-18(8)14)6-15-10(3)16-13/h6,9,19H,4-5,7H2,1-3H3. The Hall–Kier alpha value is -1.40. The summed E-state index contributed by atoms with van der Waals surface area (Å²) < 4.78 is 0. The van der Waals surface area contributed by atoms with E-state index in [1.807, 2.05) is 13.1 Å². The molecule has 3 rings (SSSR count). The second-order valence-corrected chi connectivity index (χ2v) is 6.50. The lowest BCUT2D eigenvalue weighted by molar-refractivity contribution is 0.300. The summed E-state index contributed by atoms with van der Waals surface area (Å²) in [7, 11) is 0. The highest BCUT2D eigenvalue weighted by Gasteiger charge is 2.32. The van der Waals surface area contributed by atoms with Gasteiger partial charge in [0.25, 0.3) is 0 Å². The summed E-state index contributed by atoms with van der Waals surface area (Å²) >= 11 is 1.79. The van der Waals surface area contributed by atoms with Crippen LogP contribution in [-0.4, -0.2) is 37.7 Å². The first kappa shape index (κ1) is 13.6. The van der Waals surface area contributed by atoms with Crippen LogP contribution >= 0.6 is 11.8 Å². The molecule has 0 aliphatic carbocycles. The third-order valence-corrected chi connectivity index (χ3v) is 4.97. The second-order valence-electron chi connectivity index (χ2n) is 5.06. The van der Waals surface area contributed by atoms with E-state index in [1.165, 1.54) is 10.6 Å². The average molecular weight is 290 g/mol. The monoisotopic (exact) mass is 290 g/mol. The van der Waals surface area contributed by atoms with Crippen LogP contribution in [0.25, 0.3) is 0 Å². The molecule has 2 aliphatic heterocycles. The van der Waals surface area contributed by atoms with Crippen LogP contribution in [0.5, 0.6) is 0 Å². The lowest BCUT2D eigenvalue weighted by atomic mass is 10.1. The third-order valence-electron chi connectivity index (χ3n) is 3.62. The number of aliphatic hydroxyl groups is 1. The fourth-order valence-corrected chi connectivity index (χ4v) is 3.76. The number of aromatic nitrogens is 2. The van der Waals surface area contributed by atoms with Crippen LogP contribution in [0.15, 0.2) is 21.8 Å². The van der Waals surface area contributed by atoms with Crippen molar-refractivity contribution in [1.29, 1.82) is 0 Å². The Morgan fingerprint density at radius 2 is 2.25 bits per heavy atom. The molecule has 106 valence electrons. The molecule has 1 atom stereocenters. The number of fused-ring (bicyclic) bond motifs is 2. The van der Waals surface area contributed by atoms with E-state index < -0.39 is 0 Å². The number of hydrogen-bond donors (Lipinski definition) is 1. The lowest BCUT2D eigenvalue weighted by Gasteiger charge is -2.38. The molecule has 0 bridgehead atoms. The van der Waals surface area contributed by atoms with Gasteiger partial charge in [-0.15, -0.1) is 11.8 Å². The Labute approximate surface area is 122 Å². The van der Waals surface area contributed by atoms with Gasteiger partial charge in [0.1, 0.15) is 11.7 Å². The zero-order chi connectivity index (χ0) is 14.3. The van der Waals surface area contributed by atoms with Crippen molar-refractivity contribution in [3.8, 4) is 0 Å². The van der Waals surface area contributed by atoms with E-state index in [4.69, 9.17) is 4.99 Å². The molecule has 20 heavy (non-hydrogen) atoms. The predicted molar refractivity (Wildman–Crippen MR) is 80.9 cm³/mol. The van der Waals surface area contributed by atoms with Crippen LogP contribution in [-0.2, 0) is 6.54 Å². The van der Waals surface area contributed by atoms with Gasteiger partial charge in [-0.05, 0) is 20.8 Å². The number of amidine groups is 1. The van der Waals surface area contributed by atoms with E-state index in [2.05, 4.69) is 28.7 Å². The number of hydrogen-bond acceptors (Lipinski definition) is 6. The van der Waals surface area contributed by atoms with Crippen LogP contribution in [0.2, 0.25) is 0 Å². The number of allylic oxidation sites excluding steroid dienone is 1. The first-order valence-electron chi connectivity index (χ1n) is 6.76. The van der Waals surface area contributed by atoms with Crippen LogP contribution < -0.4 is 0 Å². The number of thioether (sulfide) groups is 1. The molecular formula is C14H18N4OS. The first-order valence-corrected chi connectivity index (χ1v) is 7.64. The van der Waals surface area contributed by atoms with Crippen molar-refractivity contribution in [2.45, 2.75) is 39.0 Å². The molecule has 1 aromatic rings. The summed E-state index contributed by atoms with van der Waals surface area (Å²) in [6, 6.07) is 0. The van der Waals surface area contributed by atoms with E-state index in [-0.39, 0.29) is 11.9 Å². The Kier molecular flexibility index (Phi) is 3.52. The van der Waals surface area contributed by atoms with Crippen LogP contribution in [0.4, 0.5) is 5.82 Å². The zero-order valence-corrected chi connectivity index (χ0v) is 12.7. The normalized spacial score (nSPS) is 21.5. The summed E-state index contributed by atoms with van der Waals surface area (Å²) in [5.41, 5.74) is 2.24. The van der Waals surface area contributed by atoms with Crippen LogP contribution in [0, 0.1) is 6.92 Å². The highest BCUT2D eigenvalue weighted by molar-refractivity contribution is 8.04. The smallest absolute Gasteiger partial charge is 0.162 e. The van der Waals surface area contributed by atoms with E-state index in [9.17, 15) is 5.11 Å². The maximum atomic E-state index is 9.19. The van der Waals surface area contributed by atoms with Gasteiger partial charge in [0.2, 0.25) is 0 Å². The van der Waals surface area contributed by atoms with Crippen LogP contribution in [0.3, 0.4) is 0 Å². The fourth-order valence-electron chi connectivity index (χ4n) is 2.56. The van der Waals surface area contributed by atoms with Crippen molar-refractivity contribution in [2.75, 3.05) is 6.61 Å². The van der Waals surface area contributed by atoms with Gasteiger partial charge < -0.3 is 10.0 Å². The highest BCUT2D eigenvalue weighted by Crippen LogP contribution is 2.39. The zero-order valence-electron chi connectivity index (χ0n) is 11.9. The minimum absolute atomic E-state index is 0.186. The van der Waals surface area contributed by atoms with E-state index in [0.29, 0.717) is 6.42 Å². The molecule has 3 heterocycles. The molecule has 6 heteroatoms. The first-order chi connectivity index (χ1) is 9.60. The van der Waals surface area contributed by atoms with Crippen molar-refractivity contribution < 1.29 is 5.11 Å². The maximum absolute atomic E-state index is 9.19. The van der Waals surface area contributed by atoms with Crippen molar-refractivity contribution in [1.82, 2.24) is 14.9 Å². The SMILES string of the molecule is CC1=C(CCO)SC(C)C2=Nc3nc(C)ncc3CN21. The van der Waals surface area contributed by atoms with Crippen molar-refractivity contribution in [2.24, 2.45) is 4.99 Å². The van der Waals surface area contributed by atoms with Crippen molar-refractivity contribution in [3.05, 3.63) is 28.2 Å².